The van der Waals surface area contributed by atoms with Crippen molar-refractivity contribution in [2.45, 2.75) is 44.9 Å². The fraction of sp³-hybridized carbons (Fsp3) is 0.393. The van der Waals surface area contributed by atoms with Crippen molar-refractivity contribution in [3.63, 3.8) is 0 Å². The molecule has 3 aromatic rings. The van der Waals surface area contributed by atoms with E-state index in [-0.39, 0.29) is 5.41 Å². The minimum atomic E-state index is -0.511. The number of nitrogens with one attached hydrogen (secondary N) is 2. The number of aromatic amines is 1. The van der Waals surface area contributed by atoms with Gasteiger partial charge in [-0.15, -0.1) is 0 Å². The molecule has 0 spiro atoms. The Morgan fingerprint density at radius 1 is 1.24 bits per heavy atom. The Morgan fingerprint density at radius 3 is 2.91 bits per heavy atom. The third kappa shape index (κ3) is 5.62. The first-order valence-corrected chi connectivity index (χ1v) is 12.0. The highest BCUT2D eigenvalue weighted by molar-refractivity contribution is 5.89. The van der Waals surface area contributed by atoms with Gasteiger partial charge in [0.15, 0.2) is 0 Å². The lowest BCUT2D eigenvalue weighted by Crippen LogP contribution is -2.25. The van der Waals surface area contributed by atoms with Crippen LogP contribution >= 0.6 is 0 Å². The van der Waals surface area contributed by atoms with E-state index in [0.29, 0.717) is 12.4 Å². The molecule has 0 fully saturated rings. The maximum absolute atomic E-state index is 12.3. The lowest BCUT2D eigenvalue weighted by atomic mass is 9.73. The molecule has 0 unspecified atom stereocenters. The van der Waals surface area contributed by atoms with Crippen molar-refractivity contribution in [2.75, 3.05) is 27.2 Å². The summed E-state index contributed by atoms with van der Waals surface area (Å²) in [5.74, 6) is 1.40. The molecule has 4 rings (SSSR count). The van der Waals surface area contributed by atoms with Crippen LogP contribution in [0.25, 0.3) is 10.9 Å². The van der Waals surface area contributed by atoms with Crippen LogP contribution in [-0.2, 0) is 18.3 Å². The highest BCUT2D eigenvalue weighted by atomic mass is 16.6. The van der Waals surface area contributed by atoms with Crippen molar-refractivity contribution in [2.24, 2.45) is 0 Å². The molecule has 1 aliphatic carbocycles. The molecule has 180 valence electrons. The number of likely N-dealkylation sites (N-methyl/N-ethyl adjacent to an activating group) is 1. The zero-order valence-electron chi connectivity index (χ0n) is 20.6. The van der Waals surface area contributed by atoms with Gasteiger partial charge in [0, 0.05) is 29.8 Å². The van der Waals surface area contributed by atoms with Gasteiger partial charge in [-0.1, -0.05) is 26.0 Å². The van der Waals surface area contributed by atoms with E-state index >= 15 is 0 Å². The van der Waals surface area contributed by atoms with Gasteiger partial charge < -0.3 is 19.4 Å². The summed E-state index contributed by atoms with van der Waals surface area (Å²) in [4.78, 5) is 17.7. The summed E-state index contributed by atoms with van der Waals surface area (Å²) in [7, 11) is 4.14. The van der Waals surface area contributed by atoms with Crippen molar-refractivity contribution < 1.29 is 14.3 Å². The number of hydrogen-bond donors (Lipinski definition) is 2. The molecule has 6 heteroatoms. The van der Waals surface area contributed by atoms with Gasteiger partial charge in [0.2, 0.25) is 0 Å². The van der Waals surface area contributed by atoms with Crippen LogP contribution in [0.2, 0.25) is 0 Å². The molecule has 34 heavy (non-hydrogen) atoms. The molecule has 2 aromatic carbocycles. The minimum absolute atomic E-state index is 0.106. The Morgan fingerprint density at radius 2 is 2.09 bits per heavy atom. The fourth-order valence-corrected chi connectivity index (χ4v) is 4.65. The van der Waals surface area contributed by atoms with Crippen LogP contribution in [0.3, 0.4) is 0 Å². The van der Waals surface area contributed by atoms with Crippen molar-refractivity contribution >= 4 is 17.0 Å². The Bertz CT molecular complexity index is 1180. The van der Waals surface area contributed by atoms with E-state index in [1.165, 1.54) is 23.1 Å². The number of carbonyl (C=O) groups is 1. The van der Waals surface area contributed by atoms with Crippen molar-refractivity contribution in [3.8, 4) is 11.5 Å². The van der Waals surface area contributed by atoms with Crippen LogP contribution in [0.15, 0.2) is 54.9 Å². The van der Waals surface area contributed by atoms with Crippen LogP contribution in [-0.4, -0.2) is 43.2 Å². The zero-order chi connectivity index (χ0) is 24.1. The topological polar surface area (TPSA) is 66.6 Å². The van der Waals surface area contributed by atoms with E-state index in [4.69, 9.17) is 9.47 Å². The van der Waals surface area contributed by atoms with E-state index in [1.807, 2.05) is 24.3 Å². The molecule has 0 aliphatic heterocycles. The van der Waals surface area contributed by atoms with Crippen LogP contribution in [0, 0.1) is 0 Å². The Kier molecular flexibility index (Phi) is 7.27. The predicted octanol–water partition coefficient (Wildman–Crippen LogP) is 5.57. The lowest BCUT2D eigenvalue weighted by molar-refractivity contribution is 0.204. The van der Waals surface area contributed by atoms with E-state index in [0.717, 1.165) is 42.5 Å². The normalized spacial score (nSPS) is 15.0. The number of aryl methyl sites for hydroxylation is 1. The van der Waals surface area contributed by atoms with Crippen molar-refractivity contribution in [1.82, 2.24) is 15.2 Å². The molecule has 1 aromatic heterocycles. The Balaban J connectivity index is 1.31. The molecule has 0 bridgehead atoms. The maximum Gasteiger partial charge on any atom is 0.416 e. The second kappa shape index (κ2) is 10.3. The third-order valence-corrected chi connectivity index (χ3v) is 6.50. The first-order chi connectivity index (χ1) is 16.3. The largest absolute Gasteiger partial charge is 0.489 e. The number of aromatic nitrogens is 1. The van der Waals surface area contributed by atoms with Crippen molar-refractivity contribution in [1.29, 1.82) is 0 Å². The lowest BCUT2D eigenvalue weighted by Gasteiger charge is -2.32. The summed E-state index contributed by atoms with van der Waals surface area (Å²) >= 11 is 0. The molecule has 0 saturated heterocycles. The van der Waals surface area contributed by atoms with E-state index in [1.54, 1.807) is 12.3 Å². The predicted molar refractivity (Wildman–Crippen MR) is 137 cm³/mol. The van der Waals surface area contributed by atoms with Crippen LogP contribution in [0.5, 0.6) is 11.5 Å². The molecule has 2 N–H and O–H groups in total. The summed E-state index contributed by atoms with van der Waals surface area (Å²) in [6.07, 6.45) is 9.24. The Hall–Kier alpha value is -3.25. The summed E-state index contributed by atoms with van der Waals surface area (Å²) in [5.41, 5.74) is 5.03. The van der Waals surface area contributed by atoms with Gasteiger partial charge >= 0.3 is 6.09 Å². The molecular weight excluding hydrogens is 426 g/mol. The van der Waals surface area contributed by atoms with Crippen molar-refractivity contribution in [3.05, 3.63) is 71.6 Å². The highest BCUT2D eigenvalue weighted by Crippen LogP contribution is 2.38. The van der Waals surface area contributed by atoms with Crippen LogP contribution < -0.4 is 14.8 Å². The number of rotatable bonds is 8. The van der Waals surface area contributed by atoms with Gasteiger partial charge in [-0.3, -0.25) is 5.32 Å². The third-order valence-electron chi connectivity index (χ3n) is 6.50. The average Bonchev–Trinajstić information content (AvgIpc) is 3.22. The van der Waals surface area contributed by atoms with E-state index < -0.39 is 6.09 Å². The number of H-pyrrole nitrogens is 1. The van der Waals surface area contributed by atoms with E-state index in [2.05, 4.69) is 61.5 Å². The first-order valence-electron chi connectivity index (χ1n) is 12.0. The molecule has 6 nitrogen and oxygen atoms in total. The highest BCUT2D eigenvalue weighted by Gasteiger charge is 2.27. The molecule has 1 aliphatic rings. The fourth-order valence-electron chi connectivity index (χ4n) is 4.65. The number of hydrogen-bond acceptors (Lipinski definition) is 4. The molecular formula is C28H35N3O3. The summed E-state index contributed by atoms with van der Waals surface area (Å²) in [5, 5.41) is 3.77. The van der Waals surface area contributed by atoms with Gasteiger partial charge in [0.25, 0.3) is 0 Å². The summed E-state index contributed by atoms with van der Waals surface area (Å²) in [6, 6.07) is 12.0. The van der Waals surface area contributed by atoms with E-state index in [9.17, 15) is 4.79 Å². The number of fused-ring (bicyclic) bond motifs is 2. The van der Waals surface area contributed by atoms with Gasteiger partial charge in [-0.25, -0.2) is 4.79 Å². The number of benzene rings is 2. The van der Waals surface area contributed by atoms with Gasteiger partial charge in [0.05, 0.1) is 0 Å². The number of ether oxygens (including phenoxy) is 2. The molecule has 0 saturated carbocycles. The quantitative estimate of drug-likeness (QED) is 0.460. The number of carbonyl (C=O) groups excluding carboxylic acids is 1. The molecule has 0 atom stereocenters. The second-order valence-corrected chi connectivity index (χ2v) is 9.85. The van der Waals surface area contributed by atoms with Gasteiger partial charge in [-0.2, -0.15) is 0 Å². The standard InChI is InChI=1S/C28H35N3O3/c1-28(2)14-6-8-20-11-12-22(18-23(20)28)34-27(32)29-15-7-17-33-25-10-5-9-24-26(25)21(19-30-24)13-16-31(3)4/h5,7,9-12,15,18-19,30H,6,8,13-14,16-17H2,1-4H3,(H,29,32)/b15-7+. The van der Waals surface area contributed by atoms with Gasteiger partial charge in [-0.05, 0) is 92.2 Å². The summed E-state index contributed by atoms with van der Waals surface area (Å²) < 4.78 is 11.5. The van der Waals surface area contributed by atoms with Crippen LogP contribution in [0.4, 0.5) is 4.79 Å². The average molecular weight is 462 g/mol. The smallest absolute Gasteiger partial charge is 0.416 e. The number of amides is 1. The maximum atomic E-state index is 12.3. The molecule has 0 radical (unpaired) electrons. The Labute approximate surface area is 201 Å². The minimum Gasteiger partial charge on any atom is -0.489 e. The number of nitrogens with zero attached hydrogens (tertiary/aromatic N) is 1. The van der Waals surface area contributed by atoms with Gasteiger partial charge in [0.1, 0.15) is 18.1 Å². The molecule has 1 heterocycles. The monoisotopic (exact) mass is 461 g/mol. The zero-order valence-corrected chi connectivity index (χ0v) is 20.6. The first kappa shape index (κ1) is 23.9. The molecule has 1 amide bonds. The summed E-state index contributed by atoms with van der Waals surface area (Å²) in [6.45, 7) is 5.80. The SMILES string of the molecule is CN(C)CCc1c[nH]c2cccc(OC/C=C/NC(=O)Oc3ccc4c(c3)C(C)(C)CCC4)c12. The second-order valence-electron chi connectivity index (χ2n) is 9.85. The van der Waals surface area contributed by atoms with Crippen LogP contribution in [0.1, 0.15) is 43.4 Å².